The molecule has 0 radical (unpaired) electrons. The molecule has 2 heterocycles. The van der Waals surface area contributed by atoms with Crippen LogP contribution in [0, 0.1) is 6.92 Å². The first-order chi connectivity index (χ1) is 11.2. The van der Waals surface area contributed by atoms with E-state index in [1.807, 2.05) is 35.9 Å². The van der Waals surface area contributed by atoms with E-state index in [9.17, 15) is 4.79 Å². The number of nitrogens with one attached hydrogen (secondary N) is 1. The smallest absolute Gasteiger partial charge is 0.256 e. The minimum absolute atomic E-state index is 0.237. The highest BCUT2D eigenvalue weighted by Crippen LogP contribution is 2.22. The van der Waals surface area contributed by atoms with Gasteiger partial charge in [0.1, 0.15) is 0 Å². The van der Waals surface area contributed by atoms with E-state index in [1.165, 1.54) is 0 Å². The van der Waals surface area contributed by atoms with Crippen molar-refractivity contribution < 1.29 is 9.53 Å². The van der Waals surface area contributed by atoms with Gasteiger partial charge in [-0.05, 0) is 43.3 Å². The second-order valence-electron chi connectivity index (χ2n) is 4.97. The normalized spacial score (nSPS) is 10.3. The van der Waals surface area contributed by atoms with Gasteiger partial charge in [-0.25, -0.2) is 9.97 Å². The summed E-state index contributed by atoms with van der Waals surface area (Å²) < 4.78 is 7.09. The Kier molecular flexibility index (Phi) is 4.05. The number of nitrogens with zero attached hydrogens (tertiary/aromatic N) is 3. The minimum Gasteiger partial charge on any atom is -0.493 e. The van der Waals surface area contributed by atoms with E-state index in [-0.39, 0.29) is 5.91 Å². The van der Waals surface area contributed by atoms with Crippen molar-refractivity contribution in [3.8, 4) is 11.4 Å². The van der Waals surface area contributed by atoms with E-state index in [0.29, 0.717) is 17.1 Å². The van der Waals surface area contributed by atoms with Gasteiger partial charge in [-0.3, -0.25) is 4.79 Å². The summed E-state index contributed by atoms with van der Waals surface area (Å²) in [5.74, 6) is 0.703. The molecule has 116 valence electrons. The molecule has 0 aliphatic carbocycles. The van der Waals surface area contributed by atoms with Crippen LogP contribution >= 0.6 is 0 Å². The van der Waals surface area contributed by atoms with E-state index >= 15 is 0 Å². The van der Waals surface area contributed by atoms with Gasteiger partial charge in [0, 0.05) is 29.3 Å². The number of pyridine rings is 1. The molecule has 2 aromatic heterocycles. The van der Waals surface area contributed by atoms with Crippen LogP contribution in [0.2, 0.25) is 0 Å². The highest BCUT2D eigenvalue weighted by molar-refractivity contribution is 6.04. The van der Waals surface area contributed by atoms with Crippen molar-refractivity contribution >= 4 is 11.7 Å². The van der Waals surface area contributed by atoms with Crippen molar-refractivity contribution in [2.24, 2.45) is 0 Å². The zero-order valence-corrected chi connectivity index (χ0v) is 12.9. The third-order valence-corrected chi connectivity index (χ3v) is 3.38. The SMILES string of the molecule is COc1ccc(C)nc1NC(=O)c1ccc(-n2ccnc2)cc1. The lowest BCUT2D eigenvalue weighted by Gasteiger charge is -2.10. The van der Waals surface area contributed by atoms with Crippen LogP contribution < -0.4 is 10.1 Å². The number of aromatic nitrogens is 3. The number of carbonyl (C=O) groups excluding carboxylic acids is 1. The Morgan fingerprint density at radius 2 is 1.96 bits per heavy atom. The average molecular weight is 308 g/mol. The van der Waals surface area contributed by atoms with Crippen LogP contribution in [0.15, 0.2) is 55.1 Å². The third kappa shape index (κ3) is 3.21. The number of hydrogen-bond donors (Lipinski definition) is 1. The van der Waals surface area contributed by atoms with Crippen LogP contribution in [0.5, 0.6) is 5.75 Å². The monoisotopic (exact) mass is 308 g/mol. The molecule has 6 nitrogen and oxygen atoms in total. The Labute approximate surface area is 133 Å². The molecule has 1 aromatic carbocycles. The second-order valence-corrected chi connectivity index (χ2v) is 4.97. The fraction of sp³-hybridized carbons (Fsp3) is 0.118. The summed E-state index contributed by atoms with van der Waals surface area (Å²) in [5, 5.41) is 2.78. The van der Waals surface area contributed by atoms with E-state index in [4.69, 9.17) is 4.74 Å². The Bertz CT molecular complexity index is 811. The second kappa shape index (κ2) is 6.31. The van der Waals surface area contributed by atoms with Gasteiger partial charge in [0.05, 0.1) is 13.4 Å². The summed E-state index contributed by atoms with van der Waals surface area (Å²) in [6.45, 7) is 1.86. The standard InChI is InChI=1S/C17H16N4O2/c1-12-3-8-15(23-2)16(19-12)20-17(22)13-4-6-14(7-5-13)21-10-9-18-11-21/h3-11H,1-2H3,(H,19,20,22). The van der Waals surface area contributed by atoms with Crippen LogP contribution in [0.1, 0.15) is 16.1 Å². The number of amides is 1. The van der Waals surface area contributed by atoms with Crippen molar-refractivity contribution in [3.05, 3.63) is 66.4 Å². The topological polar surface area (TPSA) is 69.0 Å². The number of anilines is 1. The van der Waals surface area contributed by atoms with Gasteiger partial charge in [0.2, 0.25) is 0 Å². The maximum atomic E-state index is 12.4. The van der Waals surface area contributed by atoms with Gasteiger partial charge in [0.25, 0.3) is 5.91 Å². The van der Waals surface area contributed by atoms with E-state index in [0.717, 1.165) is 11.4 Å². The van der Waals surface area contributed by atoms with Gasteiger partial charge >= 0.3 is 0 Å². The summed E-state index contributed by atoms with van der Waals surface area (Å²) >= 11 is 0. The molecular weight excluding hydrogens is 292 g/mol. The van der Waals surface area contributed by atoms with Gasteiger partial charge < -0.3 is 14.6 Å². The molecule has 0 unspecified atom stereocenters. The third-order valence-electron chi connectivity index (χ3n) is 3.38. The number of benzene rings is 1. The largest absolute Gasteiger partial charge is 0.493 e. The highest BCUT2D eigenvalue weighted by Gasteiger charge is 2.11. The highest BCUT2D eigenvalue weighted by atomic mass is 16.5. The summed E-state index contributed by atoms with van der Waals surface area (Å²) in [6.07, 6.45) is 5.25. The molecule has 0 aliphatic heterocycles. The summed E-state index contributed by atoms with van der Waals surface area (Å²) in [6, 6.07) is 10.8. The first-order valence-electron chi connectivity index (χ1n) is 7.09. The molecule has 0 spiro atoms. The zero-order valence-electron chi connectivity index (χ0n) is 12.9. The molecule has 0 aliphatic rings. The van der Waals surface area contributed by atoms with Crippen LogP contribution in [0.3, 0.4) is 0 Å². The maximum absolute atomic E-state index is 12.4. The Balaban J connectivity index is 1.80. The maximum Gasteiger partial charge on any atom is 0.256 e. The molecular formula is C17H16N4O2. The molecule has 0 fully saturated rings. The molecule has 1 amide bonds. The fourth-order valence-corrected chi connectivity index (χ4v) is 2.17. The first-order valence-corrected chi connectivity index (χ1v) is 7.09. The predicted octanol–water partition coefficient (Wildman–Crippen LogP) is 2.84. The van der Waals surface area contributed by atoms with E-state index in [2.05, 4.69) is 15.3 Å². The van der Waals surface area contributed by atoms with Gasteiger partial charge in [-0.15, -0.1) is 0 Å². The zero-order chi connectivity index (χ0) is 16.2. The number of hydrogen-bond acceptors (Lipinski definition) is 4. The van der Waals surface area contributed by atoms with E-state index in [1.54, 1.807) is 37.8 Å². The quantitative estimate of drug-likeness (QED) is 0.804. The van der Waals surface area contributed by atoms with Gasteiger partial charge in [-0.1, -0.05) is 0 Å². The van der Waals surface area contributed by atoms with Gasteiger partial charge in [-0.2, -0.15) is 0 Å². The molecule has 3 aromatic rings. The van der Waals surface area contributed by atoms with Crippen LogP contribution in [0.25, 0.3) is 5.69 Å². The molecule has 0 bridgehead atoms. The Hall–Kier alpha value is -3.15. The van der Waals surface area contributed by atoms with Crippen LogP contribution in [-0.4, -0.2) is 27.6 Å². The number of carbonyl (C=O) groups is 1. The summed E-state index contributed by atoms with van der Waals surface area (Å²) in [5.41, 5.74) is 2.28. The average Bonchev–Trinajstić information content (AvgIpc) is 3.10. The minimum atomic E-state index is -0.237. The molecule has 0 atom stereocenters. The number of ether oxygens (including phenoxy) is 1. The molecule has 3 rings (SSSR count). The lowest BCUT2D eigenvalue weighted by Crippen LogP contribution is -2.14. The Morgan fingerprint density at radius 1 is 1.17 bits per heavy atom. The first kappa shape index (κ1) is 14.8. The predicted molar refractivity (Wildman–Crippen MR) is 87.0 cm³/mol. The van der Waals surface area contributed by atoms with Crippen LogP contribution in [0.4, 0.5) is 5.82 Å². The number of methoxy groups -OCH3 is 1. The molecule has 1 N–H and O–H groups in total. The lowest BCUT2D eigenvalue weighted by atomic mass is 10.2. The van der Waals surface area contributed by atoms with Crippen molar-refractivity contribution in [2.75, 3.05) is 12.4 Å². The Morgan fingerprint density at radius 3 is 2.61 bits per heavy atom. The summed E-state index contributed by atoms with van der Waals surface area (Å²) in [4.78, 5) is 20.7. The van der Waals surface area contributed by atoms with Crippen molar-refractivity contribution in [1.29, 1.82) is 0 Å². The van der Waals surface area contributed by atoms with Crippen molar-refractivity contribution in [2.45, 2.75) is 6.92 Å². The van der Waals surface area contributed by atoms with Crippen molar-refractivity contribution in [3.63, 3.8) is 0 Å². The molecule has 0 saturated carbocycles. The summed E-state index contributed by atoms with van der Waals surface area (Å²) in [7, 11) is 1.54. The lowest BCUT2D eigenvalue weighted by molar-refractivity contribution is 0.102. The fourth-order valence-electron chi connectivity index (χ4n) is 2.17. The van der Waals surface area contributed by atoms with Gasteiger partial charge in [0.15, 0.2) is 11.6 Å². The number of rotatable bonds is 4. The van der Waals surface area contributed by atoms with Crippen LogP contribution in [-0.2, 0) is 0 Å². The molecule has 0 saturated heterocycles. The van der Waals surface area contributed by atoms with E-state index < -0.39 is 0 Å². The number of aryl methyl sites for hydroxylation is 1. The molecule has 23 heavy (non-hydrogen) atoms. The molecule has 6 heteroatoms. The number of imidazole rings is 1. The van der Waals surface area contributed by atoms with Crippen molar-refractivity contribution in [1.82, 2.24) is 14.5 Å².